The summed E-state index contributed by atoms with van der Waals surface area (Å²) in [4.78, 5) is 16.2. The third-order valence-corrected chi connectivity index (χ3v) is 3.12. The van der Waals surface area contributed by atoms with Crippen LogP contribution in [-0.4, -0.2) is 23.5 Å². The highest BCUT2D eigenvalue weighted by Gasteiger charge is 2.16. The molecule has 1 amide bonds. The molecule has 1 rings (SSSR count). The molecule has 100 valence electrons. The second-order valence-corrected chi connectivity index (χ2v) is 4.99. The Labute approximate surface area is 113 Å². The maximum absolute atomic E-state index is 12.1. The summed E-state index contributed by atoms with van der Waals surface area (Å²) in [5.41, 5.74) is 0.454. The average Bonchev–Trinajstić information content (AvgIpc) is 2.31. The van der Waals surface area contributed by atoms with Gasteiger partial charge < -0.3 is 10.6 Å². The fourth-order valence-electron chi connectivity index (χ4n) is 1.34. The van der Waals surface area contributed by atoms with Crippen LogP contribution in [0.25, 0.3) is 0 Å². The third-order valence-electron chi connectivity index (χ3n) is 2.82. The van der Waals surface area contributed by atoms with Gasteiger partial charge in [0.15, 0.2) is 0 Å². The first kappa shape index (κ1) is 14.8. The summed E-state index contributed by atoms with van der Waals surface area (Å²) in [7, 11) is 0. The third kappa shape index (κ3) is 3.88. The number of nitrogens with one attached hydrogen (secondary N) is 2. The summed E-state index contributed by atoms with van der Waals surface area (Å²) in [5, 5.41) is 6.35. The van der Waals surface area contributed by atoms with Crippen LogP contribution in [0.1, 0.15) is 38.1 Å². The Bertz CT molecular complexity index is 421. The first-order valence-corrected chi connectivity index (χ1v) is 6.53. The molecule has 0 aromatic carbocycles. The molecule has 2 N–H and O–H groups in total. The van der Waals surface area contributed by atoms with Crippen molar-refractivity contribution in [1.29, 1.82) is 0 Å². The second-order valence-electron chi connectivity index (χ2n) is 4.59. The molecule has 0 saturated carbocycles. The zero-order valence-corrected chi connectivity index (χ0v) is 12.0. The molecular weight excluding hydrogens is 250 g/mol. The summed E-state index contributed by atoms with van der Waals surface area (Å²) in [6.07, 6.45) is 1.49. The molecule has 0 aliphatic carbocycles. The van der Waals surface area contributed by atoms with Crippen LogP contribution < -0.4 is 10.6 Å². The van der Waals surface area contributed by atoms with Crippen LogP contribution in [0.3, 0.4) is 0 Å². The lowest BCUT2D eigenvalue weighted by Crippen LogP contribution is -2.36. The van der Waals surface area contributed by atoms with Gasteiger partial charge in [-0.25, -0.2) is 4.98 Å². The number of nitrogens with zero attached hydrogens (tertiary/aromatic N) is 1. The summed E-state index contributed by atoms with van der Waals surface area (Å²) in [6, 6.07) is 1.78. The van der Waals surface area contributed by atoms with Gasteiger partial charge in [-0.3, -0.25) is 4.79 Å². The molecule has 0 spiro atoms. The number of aromatic nitrogens is 1. The molecule has 0 aliphatic heterocycles. The summed E-state index contributed by atoms with van der Waals surface area (Å²) in [6.45, 7) is 8.81. The van der Waals surface area contributed by atoms with Crippen molar-refractivity contribution < 1.29 is 4.79 Å². The quantitative estimate of drug-likeness (QED) is 0.864. The molecule has 0 fully saturated rings. The number of pyridine rings is 1. The van der Waals surface area contributed by atoms with E-state index in [-0.39, 0.29) is 11.9 Å². The number of rotatable bonds is 5. The van der Waals surface area contributed by atoms with Crippen molar-refractivity contribution >= 4 is 23.3 Å². The Morgan fingerprint density at radius 3 is 2.67 bits per heavy atom. The number of hydrogen-bond donors (Lipinski definition) is 2. The first-order chi connectivity index (χ1) is 8.45. The van der Waals surface area contributed by atoms with Crippen LogP contribution in [0.15, 0.2) is 12.3 Å². The average molecular weight is 270 g/mol. The van der Waals surface area contributed by atoms with Crippen molar-refractivity contribution in [3.63, 3.8) is 0 Å². The van der Waals surface area contributed by atoms with E-state index in [0.29, 0.717) is 22.3 Å². The number of halogens is 1. The van der Waals surface area contributed by atoms with Gasteiger partial charge in [0.25, 0.3) is 5.91 Å². The molecule has 0 bridgehead atoms. The number of hydrogen-bond acceptors (Lipinski definition) is 3. The smallest absolute Gasteiger partial charge is 0.253 e. The highest BCUT2D eigenvalue weighted by Crippen LogP contribution is 2.18. The van der Waals surface area contributed by atoms with E-state index in [0.717, 1.165) is 6.54 Å². The van der Waals surface area contributed by atoms with Crippen molar-refractivity contribution in [1.82, 2.24) is 10.3 Å². The van der Waals surface area contributed by atoms with Crippen LogP contribution in [0.2, 0.25) is 5.02 Å². The van der Waals surface area contributed by atoms with E-state index in [1.807, 2.05) is 13.8 Å². The zero-order valence-electron chi connectivity index (χ0n) is 11.2. The van der Waals surface area contributed by atoms with Crippen LogP contribution in [0, 0.1) is 5.92 Å². The van der Waals surface area contributed by atoms with Crippen LogP contribution in [0.4, 0.5) is 5.82 Å². The number of carbonyl (C=O) groups is 1. The zero-order chi connectivity index (χ0) is 13.7. The Balaban J connectivity index is 2.87. The van der Waals surface area contributed by atoms with Crippen molar-refractivity contribution in [3.8, 4) is 0 Å². The molecule has 4 nitrogen and oxygen atoms in total. The largest absolute Gasteiger partial charge is 0.370 e. The van der Waals surface area contributed by atoms with Gasteiger partial charge in [0.05, 0.1) is 10.6 Å². The van der Waals surface area contributed by atoms with Gasteiger partial charge in [0.1, 0.15) is 5.82 Å². The summed E-state index contributed by atoms with van der Waals surface area (Å²) < 4.78 is 0. The van der Waals surface area contributed by atoms with Crippen LogP contribution in [-0.2, 0) is 0 Å². The first-order valence-electron chi connectivity index (χ1n) is 6.16. The van der Waals surface area contributed by atoms with E-state index >= 15 is 0 Å². The minimum atomic E-state index is -0.164. The van der Waals surface area contributed by atoms with Gasteiger partial charge in [-0.05, 0) is 25.8 Å². The maximum atomic E-state index is 12.1. The Hall–Kier alpha value is -1.29. The van der Waals surface area contributed by atoms with E-state index in [4.69, 9.17) is 11.6 Å². The Kier molecular flexibility index (Phi) is 5.41. The topological polar surface area (TPSA) is 54.0 Å². The van der Waals surface area contributed by atoms with E-state index in [9.17, 15) is 4.79 Å². The van der Waals surface area contributed by atoms with E-state index in [1.165, 1.54) is 6.20 Å². The van der Waals surface area contributed by atoms with Crippen molar-refractivity contribution in [2.75, 3.05) is 11.9 Å². The normalized spacial score (nSPS) is 12.3. The molecule has 1 heterocycles. The molecule has 0 saturated heterocycles. The lowest BCUT2D eigenvalue weighted by atomic mass is 10.1. The van der Waals surface area contributed by atoms with Gasteiger partial charge in [0, 0.05) is 18.8 Å². The minimum Gasteiger partial charge on any atom is -0.370 e. The van der Waals surface area contributed by atoms with Gasteiger partial charge in [-0.15, -0.1) is 0 Å². The fraction of sp³-hybridized carbons (Fsp3) is 0.538. The monoisotopic (exact) mass is 269 g/mol. The summed E-state index contributed by atoms with van der Waals surface area (Å²) in [5.74, 6) is 0.870. The van der Waals surface area contributed by atoms with Crippen LogP contribution >= 0.6 is 11.6 Å². The van der Waals surface area contributed by atoms with Gasteiger partial charge in [0.2, 0.25) is 0 Å². The minimum absolute atomic E-state index is 0.101. The van der Waals surface area contributed by atoms with Gasteiger partial charge in [-0.2, -0.15) is 0 Å². The Morgan fingerprint density at radius 1 is 1.44 bits per heavy atom. The Morgan fingerprint density at radius 2 is 2.11 bits per heavy atom. The van der Waals surface area contributed by atoms with E-state index < -0.39 is 0 Å². The lowest BCUT2D eigenvalue weighted by molar-refractivity contribution is 0.0930. The molecule has 1 aromatic rings. The fourth-order valence-corrected chi connectivity index (χ4v) is 1.53. The molecule has 5 heteroatoms. The van der Waals surface area contributed by atoms with Crippen molar-refractivity contribution in [3.05, 3.63) is 22.8 Å². The molecule has 18 heavy (non-hydrogen) atoms. The number of anilines is 1. The van der Waals surface area contributed by atoms with Gasteiger partial charge in [-0.1, -0.05) is 25.4 Å². The molecule has 1 aromatic heterocycles. The highest BCUT2D eigenvalue weighted by atomic mass is 35.5. The second kappa shape index (κ2) is 6.59. The predicted octanol–water partition coefficient (Wildman–Crippen LogP) is 2.94. The highest BCUT2D eigenvalue weighted by molar-refractivity contribution is 6.33. The molecule has 0 aliphatic rings. The SMILES string of the molecule is CCNc1cc(C(=O)NC(C)C(C)C)c(Cl)cn1. The molecule has 0 radical (unpaired) electrons. The van der Waals surface area contributed by atoms with E-state index in [2.05, 4.69) is 29.5 Å². The van der Waals surface area contributed by atoms with Crippen LogP contribution in [0.5, 0.6) is 0 Å². The molecule has 1 unspecified atom stereocenters. The number of amides is 1. The van der Waals surface area contributed by atoms with Crippen molar-refractivity contribution in [2.24, 2.45) is 5.92 Å². The molecule has 1 atom stereocenters. The van der Waals surface area contributed by atoms with E-state index in [1.54, 1.807) is 6.07 Å². The maximum Gasteiger partial charge on any atom is 0.253 e. The predicted molar refractivity (Wildman–Crippen MR) is 75.2 cm³/mol. The summed E-state index contributed by atoms with van der Waals surface area (Å²) >= 11 is 6.00. The number of carbonyl (C=O) groups excluding carboxylic acids is 1. The van der Waals surface area contributed by atoms with Crippen molar-refractivity contribution in [2.45, 2.75) is 33.7 Å². The lowest BCUT2D eigenvalue weighted by Gasteiger charge is -2.18. The molecular formula is C13H20ClN3O. The standard InChI is InChI=1S/C13H20ClN3O/c1-5-15-12-6-10(11(14)7-16-12)13(18)17-9(4)8(2)3/h6-9H,5H2,1-4H3,(H,15,16)(H,17,18). The van der Waals surface area contributed by atoms with Gasteiger partial charge >= 0.3 is 0 Å².